The molecule has 1 saturated heterocycles. The molecule has 112 valence electrons. The molecule has 19 heavy (non-hydrogen) atoms. The summed E-state index contributed by atoms with van der Waals surface area (Å²) in [6.45, 7) is 5.99. The van der Waals surface area contributed by atoms with Gasteiger partial charge in [0.05, 0.1) is 0 Å². The number of likely N-dealkylation sites (N-methyl/N-ethyl adjacent to an activating group) is 1. The summed E-state index contributed by atoms with van der Waals surface area (Å²) in [5, 5.41) is 7.40. The lowest BCUT2D eigenvalue weighted by atomic mass is 9.75. The Hall–Kier alpha value is -0.120. The molecule has 1 heterocycles. The van der Waals surface area contributed by atoms with Crippen molar-refractivity contribution in [1.29, 1.82) is 0 Å². The summed E-state index contributed by atoms with van der Waals surface area (Å²) in [6, 6.07) is 0.726. The van der Waals surface area contributed by atoms with Gasteiger partial charge in [0.25, 0.3) is 0 Å². The average Bonchev–Trinajstić information content (AvgIpc) is 2.65. The molecule has 2 rings (SSSR count). The highest BCUT2D eigenvalue weighted by molar-refractivity contribution is 4.95. The van der Waals surface area contributed by atoms with Gasteiger partial charge in [-0.1, -0.05) is 19.8 Å². The smallest absolute Gasteiger partial charge is 0.0330 e. The molecular formula is C16H33N3. The summed E-state index contributed by atoms with van der Waals surface area (Å²) < 4.78 is 0. The third kappa shape index (κ3) is 4.17. The predicted octanol–water partition coefficient (Wildman–Crippen LogP) is 2.23. The van der Waals surface area contributed by atoms with Crippen molar-refractivity contribution in [1.82, 2.24) is 15.5 Å². The topological polar surface area (TPSA) is 27.3 Å². The second kappa shape index (κ2) is 7.05. The summed E-state index contributed by atoms with van der Waals surface area (Å²) in [5.41, 5.74) is 0.400. The van der Waals surface area contributed by atoms with Crippen LogP contribution in [0.3, 0.4) is 0 Å². The van der Waals surface area contributed by atoms with Gasteiger partial charge < -0.3 is 15.5 Å². The first-order valence-electron chi connectivity index (χ1n) is 8.24. The van der Waals surface area contributed by atoms with Crippen LogP contribution in [-0.4, -0.2) is 50.2 Å². The standard InChI is InChI=1S/C16H33N3/c1-14-6-4-9-16(12-14,19(2)3)13-18-15-7-5-10-17-11-8-15/h14-15,17-18H,4-13H2,1-3H3. The Bertz CT molecular complexity index is 259. The largest absolute Gasteiger partial charge is 0.317 e. The maximum absolute atomic E-state index is 3.89. The molecular weight excluding hydrogens is 234 g/mol. The second-order valence-corrected chi connectivity index (χ2v) is 7.08. The van der Waals surface area contributed by atoms with E-state index in [-0.39, 0.29) is 0 Å². The lowest BCUT2D eigenvalue weighted by molar-refractivity contribution is 0.0718. The zero-order valence-electron chi connectivity index (χ0n) is 13.2. The van der Waals surface area contributed by atoms with E-state index in [4.69, 9.17) is 0 Å². The summed E-state index contributed by atoms with van der Waals surface area (Å²) in [5.74, 6) is 0.883. The maximum atomic E-state index is 3.89. The van der Waals surface area contributed by atoms with Crippen LogP contribution in [0, 0.1) is 5.92 Å². The van der Waals surface area contributed by atoms with Gasteiger partial charge in [0.15, 0.2) is 0 Å². The first kappa shape index (κ1) is 15.3. The van der Waals surface area contributed by atoms with Crippen molar-refractivity contribution in [3.05, 3.63) is 0 Å². The summed E-state index contributed by atoms with van der Waals surface area (Å²) in [6.07, 6.45) is 9.49. The zero-order chi connectivity index (χ0) is 13.7. The van der Waals surface area contributed by atoms with E-state index in [2.05, 4.69) is 36.6 Å². The molecule has 2 aliphatic rings. The fraction of sp³-hybridized carbons (Fsp3) is 1.00. The van der Waals surface area contributed by atoms with Crippen molar-refractivity contribution in [2.24, 2.45) is 5.92 Å². The molecule has 0 aromatic heterocycles. The first-order valence-corrected chi connectivity index (χ1v) is 8.24. The normalized spacial score (nSPS) is 37.3. The maximum Gasteiger partial charge on any atom is 0.0330 e. The molecule has 2 fully saturated rings. The van der Waals surface area contributed by atoms with E-state index in [9.17, 15) is 0 Å². The third-order valence-corrected chi connectivity index (χ3v) is 5.31. The fourth-order valence-corrected chi connectivity index (χ4v) is 3.91. The van der Waals surface area contributed by atoms with Gasteiger partial charge >= 0.3 is 0 Å². The van der Waals surface area contributed by atoms with Gasteiger partial charge in [0.2, 0.25) is 0 Å². The second-order valence-electron chi connectivity index (χ2n) is 7.08. The lowest BCUT2D eigenvalue weighted by Crippen LogP contribution is -2.55. The Labute approximate surface area is 119 Å². The van der Waals surface area contributed by atoms with Crippen molar-refractivity contribution in [2.75, 3.05) is 33.7 Å². The molecule has 0 radical (unpaired) electrons. The van der Waals surface area contributed by atoms with Crippen LogP contribution in [0.15, 0.2) is 0 Å². The zero-order valence-corrected chi connectivity index (χ0v) is 13.2. The van der Waals surface area contributed by atoms with Crippen molar-refractivity contribution in [3.63, 3.8) is 0 Å². The highest BCUT2D eigenvalue weighted by Crippen LogP contribution is 2.35. The van der Waals surface area contributed by atoms with Crippen LogP contribution in [0.25, 0.3) is 0 Å². The van der Waals surface area contributed by atoms with Crippen molar-refractivity contribution < 1.29 is 0 Å². The minimum atomic E-state index is 0.400. The predicted molar refractivity (Wildman–Crippen MR) is 82.6 cm³/mol. The molecule has 0 spiro atoms. The van der Waals surface area contributed by atoms with Crippen molar-refractivity contribution >= 4 is 0 Å². The monoisotopic (exact) mass is 267 g/mol. The van der Waals surface area contributed by atoms with Gasteiger partial charge in [0, 0.05) is 18.1 Å². The quantitative estimate of drug-likeness (QED) is 0.818. The van der Waals surface area contributed by atoms with E-state index < -0.39 is 0 Å². The van der Waals surface area contributed by atoms with Crippen LogP contribution in [0.1, 0.15) is 51.9 Å². The first-order chi connectivity index (χ1) is 9.12. The van der Waals surface area contributed by atoms with Crippen LogP contribution in [0.4, 0.5) is 0 Å². The minimum Gasteiger partial charge on any atom is -0.317 e. The molecule has 0 bridgehead atoms. The van der Waals surface area contributed by atoms with Gasteiger partial charge in [-0.05, 0) is 65.2 Å². The van der Waals surface area contributed by atoms with Crippen LogP contribution in [0.2, 0.25) is 0 Å². The number of nitrogens with zero attached hydrogens (tertiary/aromatic N) is 1. The van der Waals surface area contributed by atoms with E-state index in [1.54, 1.807) is 0 Å². The van der Waals surface area contributed by atoms with E-state index in [0.717, 1.165) is 12.0 Å². The Kier molecular flexibility index (Phi) is 5.67. The van der Waals surface area contributed by atoms with Gasteiger partial charge in [-0.3, -0.25) is 0 Å². The molecule has 3 atom stereocenters. The Morgan fingerprint density at radius 3 is 2.74 bits per heavy atom. The Balaban J connectivity index is 1.89. The minimum absolute atomic E-state index is 0.400. The van der Waals surface area contributed by atoms with E-state index in [1.165, 1.54) is 64.6 Å². The number of nitrogens with one attached hydrogen (secondary N) is 2. The SMILES string of the molecule is CC1CCCC(CNC2CCCNCC2)(N(C)C)C1. The van der Waals surface area contributed by atoms with E-state index in [0.29, 0.717) is 5.54 Å². The van der Waals surface area contributed by atoms with Gasteiger partial charge in [-0.25, -0.2) is 0 Å². The van der Waals surface area contributed by atoms with E-state index in [1.807, 2.05) is 0 Å². The summed E-state index contributed by atoms with van der Waals surface area (Å²) in [4.78, 5) is 2.49. The molecule has 0 aromatic carbocycles. The highest BCUT2D eigenvalue weighted by Gasteiger charge is 2.37. The van der Waals surface area contributed by atoms with Crippen LogP contribution in [-0.2, 0) is 0 Å². The molecule has 1 saturated carbocycles. The molecule has 0 amide bonds. The van der Waals surface area contributed by atoms with E-state index >= 15 is 0 Å². The van der Waals surface area contributed by atoms with Gasteiger partial charge in [-0.15, -0.1) is 0 Å². The molecule has 3 unspecified atom stereocenters. The van der Waals surface area contributed by atoms with Crippen molar-refractivity contribution in [2.45, 2.75) is 63.5 Å². The summed E-state index contributed by atoms with van der Waals surface area (Å²) >= 11 is 0. The van der Waals surface area contributed by atoms with Crippen molar-refractivity contribution in [3.8, 4) is 0 Å². The van der Waals surface area contributed by atoms with Crippen LogP contribution < -0.4 is 10.6 Å². The molecule has 0 aromatic rings. The fourth-order valence-electron chi connectivity index (χ4n) is 3.91. The molecule has 2 N–H and O–H groups in total. The van der Waals surface area contributed by atoms with Crippen LogP contribution in [0.5, 0.6) is 0 Å². The van der Waals surface area contributed by atoms with Gasteiger partial charge in [-0.2, -0.15) is 0 Å². The number of hydrogen-bond acceptors (Lipinski definition) is 3. The van der Waals surface area contributed by atoms with Gasteiger partial charge in [0.1, 0.15) is 0 Å². The molecule has 1 aliphatic heterocycles. The molecule has 3 nitrogen and oxygen atoms in total. The molecule has 1 aliphatic carbocycles. The Morgan fingerprint density at radius 1 is 1.16 bits per heavy atom. The highest BCUT2D eigenvalue weighted by atomic mass is 15.2. The Morgan fingerprint density at radius 2 is 2.00 bits per heavy atom. The summed E-state index contributed by atoms with van der Waals surface area (Å²) in [7, 11) is 4.54. The number of rotatable bonds is 4. The average molecular weight is 267 g/mol. The lowest BCUT2D eigenvalue weighted by Gasteiger charge is -2.46. The van der Waals surface area contributed by atoms with Crippen LogP contribution >= 0.6 is 0 Å². The number of hydrogen-bond donors (Lipinski definition) is 2. The third-order valence-electron chi connectivity index (χ3n) is 5.31. The molecule has 3 heteroatoms.